The zero-order valence-electron chi connectivity index (χ0n) is 50.6. The Balaban J connectivity index is 5.37. The number of ether oxygens (including phenoxy) is 1. The van der Waals surface area contributed by atoms with E-state index in [1.54, 1.807) is 0 Å². The van der Waals surface area contributed by atoms with Crippen LogP contribution in [0.2, 0.25) is 0 Å². The number of hydrogen-bond acceptors (Lipinski definition) is 6. The zero-order valence-corrected chi connectivity index (χ0v) is 51.5. The number of hydrogen-bond donors (Lipinski definition) is 2. The largest absolute Gasteiger partial charge is 0.472 e. The van der Waals surface area contributed by atoms with Gasteiger partial charge < -0.3 is 19.4 Å². The first kappa shape index (κ1) is 74.2. The van der Waals surface area contributed by atoms with Crippen LogP contribution >= 0.6 is 7.82 Å². The van der Waals surface area contributed by atoms with Crippen LogP contribution in [0.3, 0.4) is 0 Å². The molecule has 0 aliphatic carbocycles. The fraction of sp³-hybridized carbons (Fsp3) is 0.647. The first-order valence-electron chi connectivity index (χ1n) is 31.0. The molecule has 3 atom stereocenters. The van der Waals surface area contributed by atoms with Gasteiger partial charge in [-0.15, -0.1) is 0 Å². The number of esters is 1. The second kappa shape index (κ2) is 56.4. The number of allylic oxidation sites excluding steroid dienone is 21. The van der Waals surface area contributed by atoms with E-state index in [-0.39, 0.29) is 31.5 Å². The van der Waals surface area contributed by atoms with Crippen LogP contribution in [0.4, 0.5) is 0 Å². The molecule has 9 nitrogen and oxygen atoms in total. The average molecular weight is 1100 g/mol. The van der Waals surface area contributed by atoms with Gasteiger partial charge in [-0.05, 0) is 122 Å². The van der Waals surface area contributed by atoms with E-state index in [1.807, 2.05) is 33.3 Å². The fourth-order valence-electron chi connectivity index (χ4n) is 8.11. The third kappa shape index (κ3) is 56.9. The Morgan fingerprint density at radius 3 is 1.24 bits per heavy atom. The molecule has 0 fully saturated rings. The Hall–Kier alpha value is -3.85. The van der Waals surface area contributed by atoms with Crippen molar-refractivity contribution in [1.82, 2.24) is 5.32 Å². The van der Waals surface area contributed by atoms with Gasteiger partial charge >= 0.3 is 13.8 Å². The summed E-state index contributed by atoms with van der Waals surface area (Å²) in [6.07, 6.45) is 80.2. The summed E-state index contributed by atoms with van der Waals surface area (Å²) in [6.45, 7) is 6.72. The van der Waals surface area contributed by atoms with Gasteiger partial charge in [-0.2, -0.15) is 0 Å². The van der Waals surface area contributed by atoms with E-state index in [0.717, 1.165) is 135 Å². The monoisotopic (exact) mass is 1100 g/mol. The number of unbranched alkanes of at least 4 members (excludes halogenated alkanes) is 18. The molecule has 0 bridgehead atoms. The lowest BCUT2D eigenvalue weighted by Crippen LogP contribution is -2.47. The molecule has 0 saturated carbocycles. The highest BCUT2D eigenvalue weighted by atomic mass is 31.2. The minimum absolute atomic E-state index is 0.0227. The molecule has 0 heterocycles. The third-order valence-corrected chi connectivity index (χ3v) is 13.8. The van der Waals surface area contributed by atoms with Crippen molar-refractivity contribution in [2.24, 2.45) is 0 Å². The van der Waals surface area contributed by atoms with Crippen LogP contribution in [-0.2, 0) is 27.9 Å². The van der Waals surface area contributed by atoms with Gasteiger partial charge in [-0.3, -0.25) is 18.6 Å². The van der Waals surface area contributed by atoms with Crippen molar-refractivity contribution < 1.29 is 37.3 Å². The number of nitrogens with one attached hydrogen (secondary N) is 1. The molecule has 0 aromatic heterocycles. The van der Waals surface area contributed by atoms with Crippen LogP contribution < -0.4 is 5.32 Å². The predicted octanol–water partition coefficient (Wildman–Crippen LogP) is 19.3. The maximum absolute atomic E-state index is 13.6. The van der Waals surface area contributed by atoms with Crippen molar-refractivity contribution >= 4 is 19.7 Å². The lowest BCUT2D eigenvalue weighted by Gasteiger charge is -2.27. The lowest BCUT2D eigenvalue weighted by atomic mass is 10.0. The van der Waals surface area contributed by atoms with E-state index in [0.29, 0.717) is 30.3 Å². The molecule has 0 rings (SSSR count). The molecule has 0 aromatic carbocycles. The molecule has 3 unspecified atom stereocenters. The summed E-state index contributed by atoms with van der Waals surface area (Å²) in [6, 6.07) is -0.883. The number of phosphoric ester groups is 1. The standard InChI is InChI=1S/C68H115N2O7P/c1-7-10-13-16-19-22-25-28-30-32-34-35-37-38-40-42-45-48-51-54-57-60-67(71)69-65(64-76-78(73,74)75-63-62-70(4,5)6)66(59-56-53-50-47-44-27-24-21-18-15-12-9-3)77-68(72)61-58-55-52-49-46-43-41-39-36-33-31-29-26-23-20-17-14-11-8-2/h10-11,13-14,19-20,22-23,28-31,34-36,38-40,43,46,56,59,65-66H,7-9,12,15-18,21,24-27,32-33,37,41-42,44-45,47-55,57-58,60-64H2,1-6H3,(H-,69,71,73,74)/p+1/b13-10-,14-11-,22-19-,23-20-,30-28-,31-29-,35-34-,39-36-,40-38-,46-43-,59-56+. The van der Waals surface area contributed by atoms with Gasteiger partial charge in [-0.1, -0.05) is 232 Å². The van der Waals surface area contributed by atoms with Crippen molar-refractivity contribution in [2.75, 3.05) is 40.9 Å². The van der Waals surface area contributed by atoms with Gasteiger partial charge in [0.15, 0.2) is 0 Å². The number of nitrogens with zero attached hydrogens (tertiary/aromatic N) is 1. The van der Waals surface area contributed by atoms with Gasteiger partial charge in [-0.25, -0.2) is 4.57 Å². The summed E-state index contributed by atoms with van der Waals surface area (Å²) in [5, 5.41) is 3.03. The van der Waals surface area contributed by atoms with Crippen LogP contribution in [-0.4, -0.2) is 74.3 Å². The Morgan fingerprint density at radius 2 is 0.821 bits per heavy atom. The van der Waals surface area contributed by atoms with Gasteiger partial charge in [0.2, 0.25) is 5.91 Å². The van der Waals surface area contributed by atoms with Gasteiger partial charge in [0, 0.05) is 12.8 Å². The molecular formula is C68H116N2O7P+. The molecular weight excluding hydrogens is 988 g/mol. The molecule has 2 N–H and O–H groups in total. The third-order valence-electron chi connectivity index (χ3n) is 12.8. The van der Waals surface area contributed by atoms with Crippen molar-refractivity contribution in [1.29, 1.82) is 0 Å². The van der Waals surface area contributed by atoms with Gasteiger partial charge in [0.1, 0.15) is 19.3 Å². The summed E-state index contributed by atoms with van der Waals surface area (Å²) < 4.78 is 30.7. The number of carbonyl (C=O) groups is 2. The molecule has 0 aliphatic heterocycles. The number of carbonyl (C=O) groups excluding carboxylic acids is 2. The molecule has 78 heavy (non-hydrogen) atoms. The summed E-state index contributed by atoms with van der Waals surface area (Å²) in [5.74, 6) is -0.575. The van der Waals surface area contributed by atoms with Crippen LogP contribution in [0, 0.1) is 0 Å². The number of phosphoric acid groups is 1. The summed E-state index contributed by atoms with van der Waals surface area (Å²) >= 11 is 0. The van der Waals surface area contributed by atoms with Crippen LogP contribution in [0.5, 0.6) is 0 Å². The summed E-state index contributed by atoms with van der Waals surface area (Å²) in [7, 11) is 1.44. The minimum Gasteiger partial charge on any atom is -0.456 e. The van der Waals surface area contributed by atoms with Crippen LogP contribution in [0.15, 0.2) is 134 Å². The Labute approximate surface area is 479 Å². The zero-order chi connectivity index (χ0) is 57.2. The maximum atomic E-state index is 13.6. The molecule has 444 valence electrons. The molecule has 0 spiro atoms. The number of likely N-dealkylation sites (N-methyl/N-ethyl adjacent to an activating group) is 1. The fourth-order valence-corrected chi connectivity index (χ4v) is 8.85. The van der Waals surface area contributed by atoms with Crippen molar-refractivity contribution in [2.45, 2.75) is 245 Å². The van der Waals surface area contributed by atoms with E-state index in [2.05, 4.69) is 148 Å². The van der Waals surface area contributed by atoms with Gasteiger partial charge in [0.25, 0.3) is 0 Å². The molecule has 0 saturated heterocycles. The van der Waals surface area contributed by atoms with Crippen LogP contribution in [0.25, 0.3) is 0 Å². The number of amides is 1. The maximum Gasteiger partial charge on any atom is 0.472 e. The van der Waals surface area contributed by atoms with E-state index in [4.69, 9.17) is 13.8 Å². The summed E-state index contributed by atoms with van der Waals surface area (Å²) in [5.41, 5.74) is 0. The van der Waals surface area contributed by atoms with E-state index >= 15 is 0 Å². The highest BCUT2D eigenvalue weighted by molar-refractivity contribution is 7.47. The topological polar surface area (TPSA) is 111 Å². The Morgan fingerprint density at radius 1 is 0.462 bits per heavy atom. The van der Waals surface area contributed by atoms with Crippen molar-refractivity contribution in [3.05, 3.63) is 134 Å². The van der Waals surface area contributed by atoms with E-state index in [9.17, 15) is 19.0 Å². The minimum atomic E-state index is -4.47. The van der Waals surface area contributed by atoms with E-state index in [1.165, 1.54) is 51.4 Å². The SMILES string of the molecule is CC/C=C\C/C=C\C/C=C\C/C=C\C/C=C\CCCCCCCC(=O)NC(COP(=O)(O)OCC[N+](C)(C)C)C(/C=C/CCCCCCCCCCCC)OC(=O)CCCCC/C=C\C/C=C\C/C=C\C/C=C\C/C=C\CC. The molecule has 10 heteroatoms. The van der Waals surface area contributed by atoms with Crippen molar-refractivity contribution in [3.8, 4) is 0 Å². The summed E-state index contributed by atoms with van der Waals surface area (Å²) in [4.78, 5) is 37.7. The Bertz CT molecular complexity index is 1800. The normalized spacial score (nSPS) is 14.6. The smallest absolute Gasteiger partial charge is 0.456 e. The highest BCUT2D eigenvalue weighted by Crippen LogP contribution is 2.43. The highest BCUT2D eigenvalue weighted by Gasteiger charge is 2.30. The first-order valence-corrected chi connectivity index (χ1v) is 32.5. The van der Waals surface area contributed by atoms with Crippen LogP contribution in [0.1, 0.15) is 233 Å². The first-order chi connectivity index (χ1) is 37.9. The molecule has 0 radical (unpaired) electrons. The van der Waals surface area contributed by atoms with Gasteiger partial charge in [0.05, 0.1) is 33.8 Å². The molecule has 0 aromatic rings. The van der Waals surface area contributed by atoms with Crippen molar-refractivity contribution in [3.63, 3.8) is 0 Å². The molecule has 0 aliphatic rings. The second-order valence-corrected chi connectivity index (χ2v) is 22.9. The number of rotatable bonds is 54. The quantitative estimate of drug-likeness (QED) is 0.0205. The molecule has 1 amide bonds. The average Bonchev–Trinajstić information content (AvgIpc) is 3.40. The second-order valence-electron chi connectivity index (χ2n) is 21.5. The lowest BCUT2D eigenvalue weighted by molar-refractivity contribution is -0.870. The van der Waals surface area contributed by atoms with E-state index < -0.39 is 20.0 Å². The Kier molecular flexibility index (Phi) is 53.6. The predicted molar refractivity (Wildman–Crippen MR) is 336 cm³/mol. The number of quaternary nitrogens is 1.